The van der Waals surface area contributed by atoms with Gasteiger partial charge in [0.1, 0.15) is 0 Å². The van der Waals surface area contributed by atoms with E-state index >= 15 is 0 Å². The number of thiazole rings is 1. The Labute approximate surface area is 135 Å². The number of hydrogen-bond donors (Lipinski definition) is 1. The second kappa shape index (κ2) is 6.10. The molecule has 2 rings (SSSR count). The van der Waals surface area contributed by atoms with Crippen LogP contribution in [0.3, 0.4) is 0 Å². The maximum Gasteiger partial charge on any atom is 0.173 e. The van der Waals surface area contributed by atoms with Crippen molar-refractivity contribution >= 4 is 27.3 Å². The first-order valence-corrected chi connectivity index (χ1v) is 8.21. The second-order valence-electron chi connectivity index (χ2n) is 5.95. The predicted molar refractivity (Wildman–Crippen MR) is 85.5 cm³/mol. The van der Waals surface area contributed by atoms with Crippen LogP contribution in [0.15, 0.2) is 22.0 Å². The van der Waals surface area contributed by atoms with Crippen molar-refractivity contribution in [3.8, 4) is 0 Å². The molecule has 2 N–H and O–H groups in total. The van der Waals surface area contributed by atoms with Crippen molar-refractivity contribution < 1.29 is 8.78 Å². The summed E-state index contributed by atoms with van der Waals surface area (Å²) in [7, 11) is 0. The Kier molecular flexibility index (Phi) is 4.80. The molecule has 0 saturated heterocycles. The highest BCUT2D eigenvalue weighted by atomic mass is 79.9. The summed E-state index contributed by atoms with van der Waals surface area (Å²) < 4.78 is 26.8. The molecule has 0 aliphatic carbocycles. The first-order chi connectivity index (χ1) is 9.70. The highest BCUT2D eigenvalue weighted by Crippen LogP contribution is 2.30. The molecule has 1 aromatic heterocycles. The number of benzene rings is 1. The summed E-state index contributed by atoms with van der Waals surface area (Å²) in [5.74, 6) is -1.79. The minimum absolute atomic E-state index is 0.0125. The van der Waals surface area contributed by atoms with Gasteiger partial charge < -0.3 is 5.73 Å². The van der Waals surface area contributed by atoms with E-state index in [1.807, 2.05) is 5.38 Å². The predicted octanol–water partition coefficient (Wildman–Crippen LogP) is 4.72. The fourth-order valence-electron chi connectivity index (χ4n) is 1.87. The molecule has 1 heterocycles. The largest absolute Gasteiger partial charge is 0.324 e. The zero-order valence-electron chi connectivity index (χ0n) is 12.1. The zero-order valence-corrected chi connectivity index (χ0v) is 14.5. The molecule has 1 atom stereocenters. The summed E-state index contributed by atoms with van der Waals surface area (Å²) in [5.41, 5.74) is 7.66. The fourth-order valence-corrected chi connectivity index (χ4v) is 3.57. The number of aromatic nitrogens is 1. The Balaban J connectivity index is 2.21. The van der Waals surface area contributed by atoms with Gasteiger partial charge in [0.05, 0.1) is 15.2 Å². The smallest absolute Gasteiger partial charge is 0.173 e. The van der Waals surface area contributed by atoms with Crippen molar-refractivity contribution in [1.82, 2.24) is 4.98 Å². The van der Waals surface area contributed by atoms with E-state index in [4.69, 9.17) is 5.73 Å². The minimum atomic E-state index is -0.905. The van der Waals surface area contributed by atoms with Crippen molar-refractivity contribution in [1.29, 1.82) is 0 Å². The molecule has 0 aliphatic heterocycles. The lowest BCUT2D eigenvalue weighted by molar-refractivity contribution is 0.499. The monoisotopic (exact) mass is 374 g/mol. The summed E-state index contributed by atoms with van der Waals surface area (Å²) >= 11 is 4.61. The average molecular weight is 375 g/mol. The van der Waals surface area contributed by atoms with E-state index in [0.29, 0.717) is 12.0 Å². The van der Waals surface area contributed by atoms with Gasteiger partial charge in [-0.2, -0.15) is 0 Å². The lowest BCUT2D eigenvalue weighted by Gasteiger charge is -2.15. The molecule has 1 unspecified atom stereocenters. The lowest BCUT2D eigenvalue weighted by Crippen LogP contribution is -2.16. The molecular formula is C15H17BrF2N2S. The van der Waals surface area contributed by atoms with Gasteiger partial charge in [-0.3, -0.25) is 0 Å². The van der Waals surface area contributed by atoms with Crippen LogP contribution in [-0.2, 0) is 11.8 Å². The van der Waals surface area contributed by atoms with Crippen LogP contribution in [0.25, 0.3) is 0 Å². The van der Waals surface area contributed by atoms with E-state index in [0.717, 1.165) is 16.8 Å². The molecule has 21 heavy (non-hydrogen) atoms. The molecule has 2 nitrogen and oxygen atoms in total. The van der Waals surface area contributed by atoms with Gasteiger partial charge in [-0.25, -0.2) is 13.8 Å². The Morgan fingerprint density at radius 3 is 2.57 bits per heavy atom. The van der Waals surface area contributed by atoms with E-state index < -0.39 is 17.7 Å². The summed E-state index contributed by atoms with van der Waals surface area (Å²) in [6.07, 6.45) is 0.490. The van der Waals surface area contributed by atoms with Crippen LogP contribution < -0.4 is 5.73 Å². The summed E-state index contributed by atoms with van der Waals surface area (Å²) in [6, 6.07) is 2.16. The number of hydrogen-bond acceptors (Lipinski definition) is 3. The first kappa shape index (κ1) is 16.5. The van der Waals surface area contributed by atoms with Crippen LogP contribution >= 0.6 is 27.3 Å². The third-order valence-corrected chi connectivity index (χ3v) is 4.86. The highest BCUT2D eigenvalue weighted by Gasteiger charge is 2.20. The molecule has 2 aromatic rings. The Morgan fingerprint density at radius 2 is 2.00 bits per heavy atom. The van der Waals surface area contributed by atoms with Crippen LogP contribution in [0, 0.1) is 11.6 Å². The summed E-state index contributed by atoms with van der Waals surface area (Å²) in [5, 5.41) is 2.91. The van der Waals surface area contributed by atoms with E-state index in [9.17, 15) is 8.78 Å². The number of rotatable bonds is 3. The normalized spacial score (nSPS) is 13.5. The SMILES string of the molecule is CC(C)(C)c1csc(CC(N)c2ccc(F)c(F)c2Br)n1. The fraction of sp³-hybridized carbons (Fsp3) is 0.400. The van der Waals surface area contributed by atoms with Gasteiger partial charge in [0.2, 0.25) is 0 Å². The maximum atomic E-state index is 13.6. The van der Waals surface area contributed by atoms with Crippen molar-refractivity contribution in [2.45, 2.75) is 38.6 Å². The Bertz CT molecular complexity index is 650. The first-order valence-electron chi connectivity index (χ1n) is 6.54. The standard InChI is InChI=1S/C15H17BrF2N2S/c1-15(2,3)11-7-21-12(20-11)6-10(19)8-4-5-9(17)14(18)13(8)16/h4-5,7,10H,6,19H2,1-3H3. The van der Waals surface area contributed by atoms with E-state index in [1.165, 1.54) is 17.4 Å². The molecule has 0 bridgehead atoms. The van der Waals surface area contributed by atoms with Crippen LogP contribution in [-0.4, -0.2) is 4.98 Å². The van der Waals surface area contributed by atoms with Crippen LogP contribution in [0.5, 0.6) is 0 Å². The molecule has 0 saturated carbocycles. The third kappa shape index (κ3) is 3.67. The number of halogens is 3. The minimum Gasteiger partial charge on any atom is -0.324 e. The molecular weight excluding hydrogens is 358 g/mol. The second-order valence-corrected chi connectivity index (χ2v) is 7.69. The van der Waals surface area contributed by atoms with Crippen LogP contribution in [0.2, 0.25) is 0 Å². The van der Waals surface area contributed by atoms with Gasteiger partial charge in [-0.05, 0) is 27.6 Å². The van der Waals surface area contributed by atoms with Crippen molar-refractivity contribution in [3.05, 3.63) is 49.9 Å². The summed E-state index contributed by atoms with van der Waals surface area (Å²) in [4.78, 5) is 4.57. The van der Waals surface area contributed by atoms with Crippen LogP contribution in [0.4, 0.5) is 8.78 Å². The lowest BCUT2D eigenvalue weighted by atomic mass is 9.93. The molecule has 0 aliphatic rings. The molecule has 0 spiro atoms. The van der Waals surface area contributed by atoms with Gasteiger partial charge in [0, 0.05) is 23.3 Å². The maximum absolute atomic E-state index is 13.6. The topological polar surface area (TPSA) is 38.9 Å². The van der Waals surface area contributed by atoms with E-state index in [1.54, 1.807) is 0 Å². The van der Waals surface area contributed by atoms with Gasteiger partial charge in [-0.15, -0.1) is 11.3 Å². The molecule has 6 heteroatoms. The summed E-state index contributed by atoms with van der Waals surface area (Å²) in [6.45, 7) is 6.28. The molecule has 0 amide bonds. The zero-order chi connectivity index (χ0) is 15.8. The third-order valence-electron chi connectivity index (χ3n) is 3.18. The van der Waals surface area contributed by atoms with Gasteiger partial charge in [-0.1, -0.05) is 26.8 Å². The number of nitrogens with zero attached hydrogens (tertiary/aromatic N) is 1. The Hall–Kier alpha value is -0.850. The van der Waals surface area contributed by atoms with Gasteiger partial charge >= 0.3 is 0 Å². The molecule has 114 valence electrons. The van der Waals surface area contributed by atoms with Crippen molar-refractivity contribution in [3.63, 3.8) is 0 Å². The molecule has 0 fully saturated rings. The van der Waals surface area contributed by atoms with Crippen molar-refractivity contribution in [2.75, 3.05) is 0 Å². The molecule has 0 radical (unpaired) electrons. The van der Waals surface area contributed by atoms with Gasteiger partial charge in [0.25, 0.3) is 0 Å². The average Bonchev–Trinajstić information content (AvgIpc) is 2.84. The van der Waals surface area contributed by atoms with E-state index in [-0.39, 0.29) is 9.89 Å². The van der Waals surface area contributed by atoms with E-state index in [2.05, 4.69) is 41.7 Å². The number of nitrogens with two attached hydrogens (primary N) is 1. The van der Waals surface area contributed by atoms with Crippen molar-refractivity contribution in [2.24, 2.45) is 5.73 Å². The highest BCUT2D eigenvalue weighted by molar-refractivity contribution is 9.10. The molecule has 1 aromatic carbocycles. The van der Waals surface area contributed by atoms with Crippen LogP contribution in [0.1, 0.15) is 43.1 Å². The quantitative estimate of drug-likeness (QED) is 0.789. The van der Waals surface area contributed by atoms with Gasteiger partial charge in [0.15, 0.2) is 11.6 Å². The Morgan fingerprint density at radius 1 is 1.33 bits per heavy atom.